The van der Waals surface area contributed by atoms with Crippen molar-refractivity contribution in [1.29, 1.82) is 0 Å². The molecule has 2 radical (unpaired) electrons. The van der Waals surface area contributed by atoms with Crippen LogP contribution in [0.15, 0.2) is 35.9 Å². The van der Waals surface area contributed by atoms with Gasteiger partial charge in [0.1, 0.15) is 0 Å². The number of hydrogen-bond donors (Lipinski definition) is 0. The summed E-state index contributed by atoms with van der Waals surface area (Å²) in [5.74, 6) is 0.417. The van der Waals surface area contributed by atoms with Gasteiger partial charge in [-0.25, -0.2) is 0 Å². The third-order valence-corrected chi connectivity index (χ3v) is 2.81. The number of benzene rings is 1. The van der Waals surface area contributed by atoms with Gasteiger partial charge in [-0.3, -0.25) is 0 Å². The van der Waals surface area contributed by atoms with Crippen LogP contribution in [0.3, 0.4) is 0 Å². The Morgan fingerprint density at radius 2 is 1.62 bits per heavy atom. The molecule has 1 unspecified atom stereocenters. The average molecular weight is 210 g/mol. The minimum Gasteiger partial charge on any atom is -0.0729 e. The maximum atomic E-state index is 3.39. The molecule has 0 fully saturated rings. The molecule has 82 valence electrons. The molecule has 0 amide bonds. The van der Waals surface area contributed by atoms with E-state index < -0.39 is 0 Å². The Hall–Kier alpha value is -1.30. The van der Waals surface area contributed by atoms with E-state index in [2.05, 4.69) is 64.5 Å². The van der Waals surface area contributed by atoms with E-state index >= 15 is 0 Å². The van der Waals surface area contributed by atoms with Crippen LogP contribution in [-0.2, 0) is 0 Å². The molecule has 1 aromatic rings. The van der Waals surface area contributed by atoms with E-state index in [1.165, 1.54) is 27.8 Å². The lowest BCUT2D eigenvalue weighted by Gasteiger charge is -2.16. The monoisotopic (exact) mass is 210 g/mol. The first-order valence-electron chi connectivity index (χ1n) is 5.80. The molecule has 0 nitrogen and oxygen atoms in total. The van der Waals surface area contributed by atoms with Gasteiger partial charge in [-0.1, -0.05) is 54.0 Å². The molecule has 1 aliphatic carbocycles. The zero-order chi connectivity index (χ0) is 11.7. The van der Waals surface area contributed by atoms with E-state index in [1.54, 1.807) is 0 Å². The second-order valence-electron chi connectivity index (χ2n) is 4.76. The molecule has 2 rings (SSSR count). The number of rotatable bonds is 1. The lowest BCUT2D eigenvalue weighted by Crippen LogP contribution is -2.00. The van der Waals surface area contributed by atoms with E-state index in [1.807, 2.05) is 0 Å². The molecule has 0 heterocycles. The molecular formula is C16H18. The number of hydrogen-bond acceptors (Lipinski definition) is 0. The van der Waals surface area contributed by atoms with Crippen LogP contribution in [0.4, 0.5) is 0 Å². The van der Waals surface area contributed by atoms with Crippen LogP contribution in [0.5, 0.6) is 0 Å². The van der Waals surface area contributed by atoms with Gasteiger partial charge >= 0.3 is 0 Å². The molecule has 0 spiro atoms. The van der Waals surface area contributed by atoms with Gasteiger partial charge in [-0.15, -0.1) is 0 Å². The Balaban J connectivity index is 2.44. The quantitative estimate of drug-likeness (QED) is 0.646. The topological polar surface area (TPSA) is 0 Å². The summed E-state index contributed by atoms with van der Waals surface area (Å²) in [5.41, 5.74) is 6.55. The third kappa shape index (κ3) is 2.44. The predicted molar refractivity (Wildman–Crippen MR) is 70.1 cm³/mol. The zero-order valence-corrected chi connectivity index (χ0v) is 10.5. The van der Waals surface area contributed by atoms with Crippen LogP contribution in [0, 0.1) is 26.2 Å². The van der Waals surface area contributed by atoms with Crippen molar-refractivity contribution in [2.45, 2.75) is 27.7 Å². The Morgan fingerprint density at radius 1 is 1.00 bits per heavy atom. The normalized spacial score (nSPS) is 20.4. The van der Waals surface area contributed by atoms with Crippen molar-refractivity contribution in [3.05, 3.63) is 59.0 Å². The minimum absolute atomic E-state index is 0.417. The molecule has 0 N–H and O–H groups in total. The smallest absolute Gasteiger partial charge is 0.0189 e. The standard InChI is InChI=1S/C16H18/c1-11-5-12(2)8-15(7-11)16-9-13(3)6-14(4)10-16/h5,7-10,13H,1-4H3. The van der Waals surface area contributed by atoms with Crippen molar-refractivity contribution in [1.82, 2.24) is 0 Å². The van der Waals surface area contributed by atoms with E-state index in [-0.39, 0.29) is 0 Å². The highest BCUT2D eigenvalue weighted by Crippen LogP contribution is 2.28. The van der Waals surface area contributed by atoms with Crippen molar-refractivity contribution in [2.75, 3.05) is 0 Å². The predicted octanol–water partition coefficient (Wildman–Crippen LogP) is 4.36. The molecule has 1 aromatic carbocycles. The van der Waals surface area contributed by atoms with Crippen LogP contribution in [0.1, 0.15) is 30.5 Å². The van der Waals surface area contributed by atoms with E-state index in [0.717, 1.165) is 0 Å². The summed E-state index contributed by atoms with van der Waals surface area (Å²) in [6.07, 6.45) is 7.89. The average Bonchev–Trinajstić information content (AvgIpc) is 2.14. The highest BCUT2D eigenvalue weighted by molar-refractivity contribution is 5.77. The summed E-state index contributed by atoms with van der Waals surface area (Å²) in [6.45, 7) is 8.60. The van der Waals surface area contributed by atoms with Crippen molar-refractivity contribution in [3.63, 3.8) is 0 Å². The van der Waals surface area contributed by atoms with Crippen LogP contribution < -0.4 is 0 Å². The van der Waals surface area contributed by atoms with Gasteiger partial charge in [0, 0.05) is 6.42 Å². The van der Waals surface area contributed by atoms with E-state index in [0.29, 0.717) is 5.92 Å². The largest absolute Gasteiger partial charge is 0.0729 e. The SMILES string of the molecule is CC1=CC(c2cc(C)cc(C)c2)=CC(C)[C]1. The fraction of sp³-hybridized carbons (Fsp3) is 0.312. The first-order chi connectivity index (χ1) is 7.54. The van der Waals surface area contributed by atoms with Gasteiger partial charge in [0.15, 0.2) is 0 Å². The summed E-state index contributed by atoms with van der Waals surface area (Å²) in [4.78, 5) is 0. The summed E-state index contributed by atoms with van der Waals surface area (Å²) >= 11 is 0. The fourth-order valence-corrected chi connectivity index (χ4v) is 2.31. The molecule has 16 heavy (non-hydrogen) atoms. The Kier molecular flexibility index (Phi) is 3.00. The summed E-state index contributed by atoms with van der Waals surface area (Å²) in [7, 11) is 0. The molecule has 0 saturated heterocycles. The Morgan fingerprint density at radius 3 is 2.19 bits per heavy atom. The van der Waals surface area contributed by atoms with Gasteiger partial charge in [0.25, 0.3) is 0 Å². The molecule has 0 heteroatoms. The Labute approximate surface area is 98.7 Å². The summed E-state index contributed by atoms with van der Waals surface area (Å²) in [6, 6.07) is 6.71. The first-order valence-corrected chi connectivity index (χ1v) is 5.80. The van der Waals surface area contributed by atoms with Gasteiger partial charge in [-0.05, 0) is 37.8 Å². The van der Waals surface area contributed by atoms with Crippen LogP contribution in [0.25, 0.3) is 5.57 Å². The zero-order valence-electron chi connectivity index (χ0n) is 10.5. The molecule has 0 saturated carbocycles. The molecule has 1 atom stereocenters. The van der Waals surface area contributed by atoms with Crippen LogP contribution in [-0.4, -0.2) is 0 Å². The highest BCUT2D eigenvalue weighted by Gasteiger charge is 2.11. The molecular weight excluding hydrogens is 192 g/mol. The van der Waals surface area contributed by atoms with Crippen LogP contribution in [0.2, 0.25) is 0 Å². The second kappa shape index (κ2) is 4.29. The van der Waals surface area contributed by atoms with Crippen LogP contribution >= 0.6 is 0 Å². The fourth-order valence-electron chi connectivity index (χ4n) is 2.31. The van der Waals surface area contributed by atoms with Crippen molar-refractivity contribution in [3.8, 4) is 0 Å². The van der Waals surface area contributed by atoms with Gasteiger partial charge in [0.2, 0.25) is 0 Å². The summed E-state index contributed by atoms with van der Waals surface area (Å²) < 4.78 is 0. The lowest BCUT2D eigenvalue weighted by molar-refractivity contribution is 0.858. The Bertz CT molecular complexity index is 441. The van der Waals surface area contributed by atoms with Crippen molar-refractivity contribution < 1.29 is 0 Å². The maximum absolute atomic E-state index is 3.39. The molecule has 1 aliphatic rings. The van der Waals surface area contributed by atoms with E-state index in [9.17, 15) is 0 Å². The van der Waals surface area contributed by atoms with Crippen molar-refractivity contribution >= 4 is 5.57 Å². The van der Waals surface area contributed by atoms with Gasteiger partial charge < -0.3 is 0 Å². The molecule has 0 bridgehead atoms. The lowest BCUT2D eigenvalue weighted by atomic mass is 9.88. The van der Waals surface area contributed by atoms with Gasteiger partial charge in [0.05, 0.1) is 0 Å². The molecule has 0 aromatic heterocycles. The minimum atomic E-state index is 0.417. The number of aryl methyl sites for hydroxylation is 2. The summed E-state index contributed by atoms with van der Waals surface area (Å²) in [5, 5.41) is 0. The first kappa shape index (κ1) is 11.2. The maximum Gasteiger partial charge on any atom is 0.0189 e. The number of allylic oxidation sites excluding steroid dienone is 4. The second-order valence-corrected chi connectivity index (χ2v) is 4.76. The van der Waals surface area contributed by atoms with E-state index in [4.69, 9.17) is 0 Å². The van der Waals surface area contributed by atoms with Crippen molar-refractivity contribution in [2.24, 2.45) is 5.92 Å². The highest BCUT2D eigenvalue weighted by atomic mass is 14.2. The molecule has 0 aliphatic heterocycles. The van der Waals surface area contributed by atoms with Gasteiger partial charge in [-0.2, -0.15) is 0 Å². The third-order valence-electron chi connectivity index (χ3n) is 2.81.